The second-order valence-corrected chi connectivity index (χ2v) is 3.94. The highest BCUT2D eigenvalue weighted by Crippen LogP contribution is 2.26. The predicted octanol–water partition coefficient (Wildman–Crippen LogP) is 2.44. The first-order chi connectivity index (χ1) is 8.63. The third kappa shape index (κ3) is 2.20. The number of phenols is 1. The van der Waals surface area contributed by atoms with E-state index < -0.39 is 6.09 Å². The van der Waals surface area contributed by atoms with E-state index in [2.05, 4.69) is 4.98 Å². The molecule has 1 aromatic carbocycles. The van der Waals surface area contributed by atoms with Gasteiger partial charge in [-0.3, -0.25) is 4.98 Å². The maximum atomic E-state index is 11.0. The first-order valence-corrected chi connectivity index (χ1v) is 5.67. The van der Waals surface area contributed by atoms with Crippen LogP contribution in [0.3, 0.4) is 0 Å². The summed E-state index contributed by atoms with van der Waals surface area (Å²) in [6.45, 7) is 2.49. The van der Waals surface area contributed by atoms with Crippen molar-refractivity contribution in [3.05, 3.63) is 36.0 Å². The highest BCUT2D eigenvalue weighted by molar-refractivity contribution is 5.87. The number of pyridine rings is 1. The molecule has 2 rings (SSSR count). The number of hydrogen-bond acceptors (Lipinski definition) is 3. The zero-order valence-electron chi connectivity index (χ0n) is 10.00. The highest BCUT2D eigenvalue weighted by atomic mass is 16.4. The van der Waals surface area contributed by atoms with Gasteiger partial charge in [-0.1, -0.05) is 12.1 Å². The Bertz CT molecular complexity index is 583. The van der Waals surface area contributed by atoms with Crippen LogP contribution in [-0.4, -0.2) is 32.7 Å². The van der Waals surface area contributed by atoms with E-state index in [0.717, 1.165) is 10.9 Å². The van der Waals surface area contributed by atoms with E-state index in [0.29, 0.717) is 12.1 Å². The van der Waals surface area contributed by atoms with Crippen LogP contribution in [0.5, 0.6) is 5.75 Å². The van der Waals surface area contributed by atoms with Crippen LogP contribution < -0.4 is 0 Å². The topological polar surface area (TPSA) is 73.7 Å². The van der Waals surface area contributed by atoms with Crippen molar-refractivity contribution in [1.29, 1.82) is 0 Å². The summed E-state index contributed by atoms with van der Waals surface area (Å²) < 4.78 is 0. The molecule has 5 heteroatoms. The summed E-state index contributed by atoms with van der Waals surface area (Å²) in [5.41, 5.74) is 1.33. The van der Waals surface area contributed by atoms with Gasteiger partial charge in [0.2, 0.25) is 0 Å². The van der Waals surface area contributed by atoms with Crippen LogP contribution in [0.4, 0.5) is 4.79 Å². The molecule has 0 unspecified atom stereocenters. The average Bonchev–Trinajstić information content (AvgIpc) is 2.38. The summed E-state index contributed by atoms with van der Waals surface area (Å²) in [6, 6.07) is 6.86. The fourth-order valence-corrected chi connectivity index (χ4v) is 1.87. The van der Waals surface area contributed by atoms with Gasteiger partial charge in [0.25, 0.3) is 0 Å². The van der Waals surface area contributed by atoms with Gasteiger partial charge in [0.1, 0.15) is 11.3 Å². The Labute approximate surface area is 104 Å². The van der Waals surface area contributed by atoms with Gasteiger partial charge in [0.05, 0.1) is 0 Å². The molecule has 0 fully saturated rings. The normalized spacial score (nSPS) is 10.5. The Morgan fingerprint density at radius 3 is 2.83 bits per heavy atom. The van der Waals surface area contributed by atoms with E-state index >= 15 is 0 Å². The smallest absolute Gasteiger partial charge is 0.407 e. The fraction of sp³-hybridized carbons (Fsp3) is 0.231. The number of amides is 1. The van der Waals surface area contributed by atoms with E-state index in [4.69, 9.17) is 5.11 Å². The summed E-state index contributed by atoms with van der Waals surface area (Å²) in [4.78, 5) is 16.4. The molecule has 5 nitrogen and oxygen atoms in total. The molecule has 1 heterocycles. The molecule has 0 aliphatic heterocycles. The lowest BCUT2D eigenvalue weighted by Crippen LogP contribution is -2.28. The van der Waals surface area contributed by atoms with Crippen LogP contribution in [0.1, 0.15) is 12.5 Å². The van der Waals surface area contributed by atoms with E-state index in [9.17, 15) is 9.90 Å². The standard InChI is InChI=1S/C13H14N2O3/c1-2-15(13(17)18)8-9-5-6-11(16)12-10(9)4-3-7-14-12/h3-7,16H,2,8H2,1H3,(H,17,18). The number of nitrogens with zero attached hydrogens (tertiary/aromatic N) is 2. The van der Waals surface area contributed by atoms with E-state index in [1.807, 2.05) is 6.07 Å². The summed E-state index contributed by atoms with van der Waals surface area (Å²) in [6.07, 6.45) is 0.642. The molecule has 1 amide bonds. The van der Waals surface area contributed by atoms with Crippen LogP contribution >= 0.6 is 0 Å². The van der Waals surface area contributed by atoms with E-state index in [-0.39, 0.29) is 12.3 Å². The van der Waals surface area contributed by atoms with Crippen molar-refractivity contribution in [1.82, 2.24) is 9.88 Å². The molecule has 2 N–H and O–H groups in total. The third-order valence-corrected chi connectivity index (χ3v) is 2.85. The molecule has 1 aromatic heterocycles. The number of fused-ring (bicyclic) bond motifs is 1. The maximum absolute atomic E-state index is 11.0. The second kappa shape index (κ2) is 4.91. The molecule has 0 radical (unpaired) electrons. The minimum atomic E-state index is -0.956. The lowest BCUT2D eigenvalue weighted by atomic mass is 10.1. The SMILES string of the molecule is CCN(Cc1ccc(O)c2ncccc12)C(=O)O. The summed E-state index contributed by atoms with van der Waals surface area (Å²) in [7, 11) is 0. The number of benzene rings is 1. The van der Waals surface area contributed by atoms with Gasteiger partial charge in [0, 0.05) is 24.7 Å². The Morgan fingerprint density at radius 1 is 1.39 bits per heavy atom. The van der Waals surface area contributed by atoms with Crippen molar-refractivity contribution in [2.45, 2.75) is 13.5 Å². The molecular formula is C13H14N2O3. The summed E-state index contributed by atoms with van der Waals surface area (Å²) in [5, 5.41) is 19.5. The average molecular weight is 246 g/mol. The van der Waals surface area contributed by atoms with Gasteiger partial charge in [-0.15, -0.1) is 0 Å². The molecule has 0 aliphatic carbocycles. The summed E-state index contributed by atoms with van der Waals surface area (Å²) in [5.74, 6) is 0.104. The molecule has 94 valence electrons. The zero-order chi connectivity index (χ0) is 13.1. The predicted molar refractivity (Wildman–Crippen MR) is 67.5 cm³/mol. The first kappa shape index (κ1) is 12.2. The molecule has 0 saturated carbocycles. The number of aromatic nitrogens is 1. The lowest BCUT2D eigenvalue weighted by molar-refractivity contribution is 0.145. The van der Waals surface area contributed by atoms with Crippen LogP contribution in [-0.2, 0) is 6.54 Å². The number of hydrogen-bond donors (Lipinski definition) is 2. The second-order valence-electron chi connectivity index (χ2n) is 3.94. The number of phenolic OH excluding ortho intramolecular Hbond substituents is 1. The van der Waals surface area contributed by atoms with Gasteiger partial charge in [-0.05, 0) is 24.6 Å². The monoisotopic (exact) mass is 246 g/mol. The van der Waals surface area contributed by atoms with Crippen LogP contribution in [0, 0.1) is 0 Å². The van der Waals surface area contributed by atoms with Gasteiger partial charge in [0.15, 0.2) is 0 Å². The van der Waals surface area contributed by atoms with Crippen molar-refractivity contribution in [3.8, 4) is 5.75 Å². The van der Waals surface area contributed by atoms with Crippen LogP contribution in [0.25, 0.3) is 10.9 Å². The van der Waals surface area contributed by atoms with Crippen molar-refractivity contribution < 1.29 is 15.0 Å². The van der Waals surface area contributed by atoms with Gasteiger partial charge in [-0.25, -0.2) is 4.79 Å². The van der Waals surface area contributed by atoms with Gasteiger partial charge in [-0.2, -0.15) is 0 Å². The fourth-order valence-electron chi connectivity index (χ4n) is 1.87. The largest absolute Gasteiger partial charge is 0.506 e. The molecule has 0 spiro atoms. The molecular weight excluding hydrogens is 232 g/mol. The Kier molecular flexibility index (Phi) is 3.32. The quantitative estimate of drug-likeness (QED) is 0.872. The molecule has 2 aromatic rings. The number of carbonyl (C=O) groups is 1. The van der Waals surface area contributed by atoms with E-state index in [1.165, 1.54) is 4.90 Å². The van der Waals surface area contributed by atoms with Crippen LogP contribution in [0.15, 0.2) is 30.5 Å². The Hall–Kier alpha value is -2.30. The first-order valence-electron chi connectivity index (χ1n) is 5.67. The summed E-state index contributed by atoms with van der Waals surface area (Å²) >= 11 is 0. The molecule has 0 atom stereocenters. The maximum Gasteiger partial charge on any atom is 0.407 e. The van der Waals surface area contributed by atoms with Gasteiger partial charge < -0.3 is 15.1 Å². The lowest BCUT2D eigenvalue weighted by Gasteiger charge is -2.18. The Balaban J connectivity index is 2.45. The Morgan fingerprint density at radius 2 is 2.17 bits per heavy atom. The van der Waals surface area contributed by atoms with Crippen molar-refractivity contribution in [2.24, 2.45) is 0 Å². The van der Waals surface area contributed by atoms with Gasteiger partial charge >= 0.3 is 6.09 Å². The number of carboxylic acid groups (broad SMARTS) is 1. The molecule has 0 aliphatic rings. The number of rotatable bonds is 3. The van der Waals surface area contributed by atoms with Crippen molar-refractivity contribution >= 4 is 17.0 Å². The minimum absolute atomic E-state index is 0.104. The minimum Gasteiger partial charge on any atom is -0.506 e. The van der Waals surface area contributed by atoms with Crippen LogP contribution in [0.2, 0.25) is 0 Å². The van der Waals surface area contributed by atoms with E-state index in [1.54, 1.807) is 31.3 Å². The molecule has 0 bridgehead atoms. The zero-order valence-corrected chi connectivity index (χ0v) is 10.00. The molecule has 0 saturated heterocycles. The third-order valence-electron chi connectivity index (χ3n) is 2.85. The highest BCUT2D eigenvalue weighted by Gasteiger charge is 2.13. The van der Waals surface area contributed by atoms with Crippen molar-refractivity contribution in [2.75, 3.05) is 6.54 Å². The van der Waals surface area contributed by atoms with Crippen molar-refractivity contribution in [3.63, 3.8) is 0 Å². The molecule has 18 heavy (non-hydrogen) atoms. The number of aromatic hydroxyl groups is 1.